The molecule has 5 nitrogen and oxygen atoms in total. The highest BCUT2D eigenvalue weighted by atomic mass is 16.5. The van der Waals surface area contributed by atoms with E-state index < -0.39 is 11.4 Å². The van der Waals surface area contributed by atoms with Crippen LogP contribution in [-0.4, -0.2) is 23.8 Å². The van der Waals surface area contributed by atoms with Gasteiger partial charge in [0.25, 0.3) is 0 Å². The Morgan fingerprint density at radius 2 is 1.93 bits per heavy atom. The normalized spacial score (nSPS) is 47.5. The maximum atomic E-state index is 13.7. The van der Waals surface area contributed by atoms with Gasteiger partial charge in [-0.25, -0.2) is 0 Å². The molecule has 0 unspecified atom stereocenters. The van der Waals surface area contributed by atoms with Gasteiger partial charge in [0.15, 0.2) is 11.2 Å². The van der Waals surface area contributed by atoms with Crippen molar-refractivity contribution in [3.8, 4) is 0 Å². The average Bonchev–Trinajstić information content (AvgIpc) is 3.02. The van der Waals surface area contributed by atoms with E-state index in [1.165, 1.54) is 13.2 Å². The fraction of sp³-hybridized carbons (Fsp3) is 0.773. The van der Waals surface area contributed by atoms with Crippen molar-refractivity contribution in [1.29, 1.82) is 0 Å². The van der Waals surface area contributed by atoms with Gasteiger partial charge < -0.3 is 9.47 Å². The first-order valence-electron chi connectivity index (χ1n) is 10.2. The average molecular weight is 374 g/mol. The van der Waals surface area contributed by atoms with E-state index in [0.717, 1.165) is 19.3 Å². The molecule has 0 amide bonds. The predicted molar refractivity (Wildman–Crippen MR) is 98.2 cm³/mol. The van der Waals surface area contributed by atoms with E-state index in [4.69, 9.17) is 9.47 Å². The minimum atomic E-state index is -1.16. The third-order valence-corrected chi connectivity index (χ3v) is 8.32. The zero-order chi connectivity index (χ0) is 19.8. The van der Waals surface area contributed by atoms with Gasteiger partial charge >= 0.3 is 11.9 Å². The Hall–Kier alpha value is -1.65. The molecule has 7 atom stereocenters. The van der Waals surface area contributed by atoms with Gasteiger partial charge in [0.05, 0.1) is 6.26 Å². The van der Waals surface area contributed by atoms with Crippen LogP contribution >= 0.6 is 0 Å². The molecular weight excluding hydrogens is 344 g/mol. The number of ketones is 1. The number of fused-ring (bicyclic) bond motifs is 3. The quantitative estimate of drug-likeness (QED) is 0.517. The van der Waals surface area contributed by atoms with Crippen LogP contribution in [0.3, 0.4) is 0 Å². The Morgan fingerprint density at radius 3 is 2.52 bits per heavy atom. The SMILES string of the molecule is CC(=O)O[C@@H]1C[C@H]2[C@@H](C)[C@@]3(C=COC3=O)C(=O)[C@@H]2[C@]2(C)CCCC(C)(C)[C@H]12. The van der Waals surface area contributed by atoms with E-state index in [2.05, 4.69) is 20.8 Å². The number of hydrogen-bond donors (Lipinski definition) is 0. The van der Waals surface area contributed by atoms with E-state index in [-0.39, 0.29) is 52.4 Å². The van der Waals surface area contributed by atoms with Crippen molar-refractivity contribution in [1.82, 2.24) is 0 Å². The molecule has 1 aliphatic heterocycles. The molecule has 0 aromatic heterocycles. The summed E-state index contributed by atoms with van der Waals surface area (Å²) in [6, 6.07) is 0. The van der Waals surface area contributed by atoms with Crippen LogP contribution in [0.2, 0.25) is 0 Å². The summed E-state index contributed by atoms with van der Waals surface area (Å²) in [4.78, 5) is 38.2. The number of rotatable bonds is 1. The highest BCUT2D eigenvalue weighted by molar-refractivity contribution is 6.10. The molecule has 3 saturated carbocycles. The van der Waals surface area contributed by atoms with Crippen LogP contribution in [0.1, 0.15) is 60.3 Å². The van der Waals surface area contributed by atoms with Gasteiger partial charge in [-0.1, -0.05) is 34.1 Å². The topological polar surface area (TPSA) is 69.7 Å². The summed E-state index contributed by atoms with van der Waals surface area (Å²) in [5.74, 6) is -0.905. The fourth-order valence-electron chi connectivity index (χ4n) is 7.46. The number of carbonyl (C=O) groups is 3. The zero-order valence-electron chi connectivity index (χ0n) is 16.9. The van der Waals surface area contributed by atoms with E-state index in [0.29, 0.717) is 6.42 Å². The molecular formula is C22H30O5. The Kier molecular flexibility index (Phi) is 3.93. The minimum absolute atomic E-state index is 0.0187. The number of cyclic esters (lactones) is 1. The third kappa shape index (κ3) is 2.26. The lowest BCUT2D eigenvalue weighted by molar-refractivity contribution is -0.187. The summed E-state index contributed by atoms with van der Waals surface area (Å²) in [7, 11) is 0. The number of esters is 2. The van der Waals surface area contributed by atoms with Crippen LogP contribution in [0.5, 0.6) is 0 Å². The third-order valence-electron chi connectivity index (χ3n) is 8.32. The zero-order valence-corrected chi connectivity index (χ0v) is 16.9. The molecule has 3 aliphatic carbocycles. The molecule has 0 radical (unpaired) electrons. The number of ether oxygens (including phenoxy) is 2. The molecule has 27 heavy (non-hydrogen) atoms. The lowest BCUT2D eigenvalue weighted by Gasteiger charge is -2.60. The maximum absolute atomic E-state index is 13.7. The first-order valence-corrected chi connectivity index (χ1v) is 10.2. The summed E-state index contributed by atoms with van der Waals surface area (Å²) in [6.45, 7) is 10.1. The van der Waals surface area contributed by atoms with Crippen molar-refractivity contribution >= 4 is 17.7 Å². The second kappa shape index (κ2) is 5.68. The molecule has 0 aromatic carbocycles. The van der Waals surface area contributed by atoms with Crippen molar-refractivity contribution < 1.29 is 23.9 Å². The largest absolute Gasteiger partial charge is 0.462 e. The molecule has 1 spiro atoms. The van der Waals surface area contributed by atoms with Crippen LogP contribution in [0.4, 0.5) is 0 Å². The van der Waals surface area contributed by atoms with Gasteiger partial charge in [-0.2, -0.15) is 0 Å². The highest BCUT2D eigenvalue weighted by Crippen LogP contribution is 2.68. The Morgan fingerprint density at radius 1 is 1.22 bits per heavy atom. The van der Waals surface area contributed by atoms with Gasteiger partial charge in [-0.15, -0.1) is 0 Å². The van der Waals surface area contributed by atoms with Crippen LogP contribution < -0.4 is 0 Å². The molecule has 4 rings (SSSR count). The molecule has 0 aromatic rings. The second-order valence-electron chi connectivity index (χ2n) is 10.1. The standard InChI is InChI=1S/C22H30O5/c1-12-14-11-15(27-13(2)23)17-20(3,4)7-6-8-21(17,5)16(14)18(24)22(12)9-10-26-19(22)25/h9-10,12,14-17H,6-8,11H2,1-5H3/t12-,14+,15-,16-,17+,21+,22+/m1/s1. The van der Waals surface area contributed by atoms with Crippen molar-refractivity contribution in [3.05, 3.63) is 12.3 Å². The van der Waals surface area contributed by atoms with Crippen molar-refractivity contribution in [2.45, 2.75) is 66.4 Å². The van der Waals surface area contributed by atoms with Crippen molar-refractivity contribution in [2.75, 3.05) is 0 Å². The van der Waals surface area contributed by atoms with E-state index in [1.54, 1.807) is 6.08 Å². The molecule has 148 valence electrons. The van der Waals surface area contributed by atoms with Crippen LogP contribution in [0.25, 0.3) is 0 Å². The minimum Gasteiger partial charge on any atom is -0.462 e. The summed E-state index contributed by atoms with van der Waals surface area (Å²) in [5.41, 5.74) is -1.46. The van der Waals surface area contributed by atoms with E-state index in [9.17, 15) is 14.4 Å². The monoisotopic (exact) mass is 374 g/mol. The maximum Gasteiger partial charge on any atom is 0.328 e. The number of hydrogen-bond acceptors (Lipinski definition) is 5. The predicted octanol–water partition coefficient (Wildman–Crippen LogP) is 3.66. The summed E-state index contributed by atoms with van der Waals surface area (Å²) < 4.78 is 11.0. The van der Waals surface area contributed by atoms with Gasteiger partial charge in [0.1, 0.15) is 6.10 Å². The van der Waals surface area contributed by atoms with Crippen LogP contribution in [-0.2, 0) is 23.9 Å². The van der Waals surface area contributed by atoms with Gasteiger partial charge in [-0.05, 0) is 48.0 Å². The molecule has 1 heterocycles. The first kappa shape index (κ1) is 18.7. The first-order chi connectivity index (χ1) is 12.6. The summed E-state index contributed by atoms with van der Waals surface area (Å²) in [5, 5.41) is 0. The lowest BCUT2D eigenvalue weighted by atomic mass is 9.45. The van der Waals surface area contributed by atoms with Gasteiger partial charge in [0, 0.05) is 18.8 Å². The lowest BCUT2D eigenvalue weighted by Crippen LogP contribution is -2.59. The van der Waals surface area contributed by atoms with Crippen LogP contribution in [0, 0.1) is 39.9 Å². The van der Waals surface area contributed by atoms with Crippen molar-refractivity contribution in [3.63, 3.8) is 0 Å². The van der Waals surface area contributed by atoms with E-state index >= 15 is 0 Å². The Balaban J connectivity index is 1.84. The number of Topliss-reactive ketones (excluding diaryl/α,β-unsaturated/α-hetero) is 1. The van der Waals surface area contributed by atoms with Crippen molar-refractivity contribution in [2.24, 2.45) is 39.9 Å². The summed E-state index contributed by atoms with van der Waals surface area (Å²) in [6.07, 6.45) is 6.51. The van der Waals surface area contributed by atoms with Gasteiger partial charge in [-0.3, -0.25) is 14.4 Å². The molecule has 3 fully saturated rings. The summed E-state index contributed by atoms with van der Waals surface area (Å²) >= 11 is 0. The fourth-order valence-corrected chi connectivity index (χ4v) is 7.46. The second-order valence-corrected chi connectivity index (χ2v) is 10.1. The Labute approximate surface area is 160 Å². The molecule has 4 aliphatic rings. The van der Waals surface area contributed by atoms with E-state index in [1.807, 2.05) is 6.92 Å². The molecule has 0 saturated heterocycles. The Bertz CT molecular complexity index is 737. The number of carbonyl (C=O) groups excluding carboxylic acids is 3. The van der Waals surface area contributed by atoms with Crippen LogP contribution in [0.15, 0.2) is 12.3 Å². The molecule has 0 N–H and O–H groups in total. The smallest absolute Gasteiger partial charge is 0.328 e. The molecule has 0 bridgehead atoms. The highest BCUT2D eigenvalue weighted by Gasteiger charge is 2.72. The van der Waals surface area contributed by atoms with Gasteiger partial charge in [0.2, 0.25) is 0 Å². The molecule has 5 heteroatoms.